The van der Waals surface area contributed by atoms with Crippen molar-refractivity contribution >= 4 is 203 Å². The predicted molar refractivity (Wildman–Crippen MR) is 464 cm³/mol. The van der Waals surface area contributed by atoms with E-state index in [0.717, 1.165) is 22.3 Å². The van der Waals surface area contributed by atoms with E-state index in [0.29, 0.717) is 97.1 Å². The molecule has 0 saturated carbocycles. The van der Waals surface area contributed by atoms with Crippen molar-refractivity contribution in [3.05, 3.63) is 176 Å². The van der Waals surface area contributed by atoms with Crippen molar-refractivity contribution in [3.63, 3.8) is 0 Å². The molecule has 0 aromatic heterocycles. The Kier molecular flexibility index (Phi) is 38.8. The lowest BCUT2D eigenvalue weighted by Gasteiger charge is -2.18. The maximum absolute atomic E-state index is 11.8. The van der Waals surface area contributed by atoms with E-state index in [9.17, 15) is 58.8 Å². The Morgan fingerprint density at radius 3 is 0.930 bits per heavy atom. The smallest absolute Gasteiger partial charge is 0.312 e. The third-order valence-electron chi connectivity index (χ3n) is 16.1. The van der Waals surface area contributed by atoms with Gasteiger partial charge in [0.15, 0.2) is 23.0 Å². The number of nitrogens with one attached hydrogen (secondary N) is 4. The highest BCUT2D eigenvalue weighted by Gasteiger charge is 2.26. The highest BCUT2D eigenvalue weighted by Crippen LogP contribution is 2.50. The van der Waals surface area contributed by atoms with Crippen LogP contribution in [-0.4, -0.2) is 83.1 Å². The summed E-state index contributed by atoms with van der Waals surface area (Å²) in [4.78, 5) is 90.1. The molecule has 0 aliphatic heterocycles. The van der Waals surface area contributed by atoms with Crippen molar-refractivity contribution < 1.29 is 93.0 Å². The molecule has 33 heteroatoms. The number of hydrogen-bond donors (Lipinski definition) is 11. The number of hydrogen-bond acceptors (Lipinski definition) is 16. The van der Waals surface area contributed by atoms with Gasteiger partial charge in [-0.3, -0.25) is 38.4 Å². The van der Waals surface area contributed by atoms with Crippen LogP contribution in [0.5, 0.6) is 69.0 Å². The number of benzene rings is 8. The van der Waals surface area contributed by atoms with Gasteiger partial charge in [-0.1, -0.05) is 140 Å². The highest BCUT2D eigenvalue weighted by atomic mass is 79.9. The molecule has 4 amide bonds. The first-order chi connectivity index (χ1) is 52.0. The Labute approximate surface area is 725 Å². The van der Waals surface area contributed by atoms with Crippen molar-refractivity contribution in [1.29, 1.82) is 0 Å². The molecule has 0 aliphatic rings. The fourth-order valence-electron chi connectivity index (χ4n) is 10.3. The number of phenols is 4. The Balaban J connectivity index is 0.000000391. The first-order valence-corrected chi connectivity index (χ1v) is 39.2. The summed E-state index contributed by atoms with van der Waals surface area (Å²) in [5.41, 5.74) is 8.07. The van der Waals surface area contributed by atoms with Crippen LogP contribution in [0, 0.1) is 41.5 Å². The van der Waals surface area contributed by atoms with Crippen LogP contribution in [0.25, 0.3) is 0 Å². The van der Waals surface area contributed by atoms with Crippen LogP contribution in [0.2, 0.25) is 30.1 Å². The number of rotatable bonds is 24. The highest BCUT2D eigenvalue weighted by molar-refractivity contribution is 9.11. The Morgan fingerprint density at radius 2 is 0.614 bits per heavy atom. The number of aliphatic carboxylic acids is 3. The molecule has 0 aliphatic carbocycles. The largest absolute Gasteiger partial charge is 0.507 e. The molecule has 0 saturated heterocycles. The van der Waals surface area contributed by atoms with Gasteiger partial charge >= 0.3 is 17.9 Å². The molecule has 8 rings (SSSR count). The van der Waals surface area contributed by atoms with E-state index in [4.69, 9.17) is 104 Å². The average molecular weight is 1950 g/mol. The van der Waals surface area contributed by atoms with Gasteiger partial charge in [-0.15, -0.1) is 0 Å². The molecule has 23 nitrogen and oxygen atoms in total. The predicted octanol–water partition coefficient (Wildman–Crippen LogP) is 25.5. The zero-order valence-corrected chi connectivity index (χ0v) is 73.8. The molecule has 0 fully saturated rings. The molecule has 0 unspecified atom stereocenters. The van der Waals surface area contributed by atoms with Gasteiger partial charge in [-0.25, -0.2) is 0 Å². The number of ether oxygens (including phenoxy) is 4. The summed E-state index contributed by atoms with van der Waals surface area (Å²) in [6, 6.07) is 19.8. The number of amides is 4. The molecule has 114 heavy (non-hydrogen) atoms. The lowest BCUT2D eigenvalue weighted by Crippen LogP contribution is -2.16. The van der Waals surface area contributed by atoms with Gasteiger partial charge in [0.1, 0.15) is 76.1 Å². The van der Waals surface area contributed by atoms with E-state index in [1.807, 2.05) is 62.3 Å². The van der Waals surface area contributed by atoms with Gasteiger partial charge in [0.25, 0.3) is 0 Å². The zero-order valence-electron chi connectivity index (χ0n) is 62.9. The average Bonchev–Trinajstić information content (AvgIpc) is 0.805. The molecule has 8 aromatic rings. The summed E-state index contributed by atoms with van der Waals surface area (Å²) in [5, 5.41) is 77.7. The molecule has 0 spiro atoms. The second-order valence-electron chi connectivity index (χ2n) is 26.6. The number of carbonyl (C=O) groups is 8. The summed E-state index contributed by atoms with van der Waals surface area (Å²) in [6.07, 6.45) is -2.24. The van der Waals surface area contributed by atoms with E-state index in [1.54, 1.807) is 89.2 Å². The van der Waals surface area contributed by atoms with Crippen LogP contribution in [0.1, 0.15) is 182 Å². The fourth-order valence-corrected chi connectivity index (χ4v) is 14.3. The summed E-state index contributed by atoms with van der Waals surface area (Å²) < 4.78 is 25.8. The zero-order chi connectivity index (χ0) is 84.7. The van der Waals surface area contributed by atoms with Gasteiger partial charge in [0.05, 0.1) is 60.8 Å². The Morgan fingerprint density at radius 1 is 0.351 bits per heavy atom. The Hall–Kier alpha value is -8.22. The van der Waals surface area contributed by atoms with Gasteiger partial charge < -0.3 is 76.0 Å². The minimum absolute atomic E-state index is 0. The van der Waals surface area contributed by atoms with E-state index in [2.05, 4.69) is 85.0 Å². The minimum atomic E-state index is -1.24. The van der Waals surface area contributed by atoms with E-state index in [1.165, 1.54) is 25.1 Å². The number of Topliss-reactive ketones (excluding diaryl/α,β-unsaturated/α-hetero) is 1. The molecular formula is C81H88Br4Cl6N4O19. The van der Waals surface area contributed by atoms with Crippen molar-refractivity contribution in [3.8, 4) is 69.0 Å². The summed E-state index contributed by atoms with van der Waals surface area (Å²) in [5.74, 6) is -1.98. The topological polar surface area (TPSA) is 363 Å². The molecule has 616 valence electrons. The molecule has 11 N–H and O–H groups in total. The number of carbonyl (C=O) groups excluding carboxylic acids is 5. The van der Waals surface area contributed by atoms with Gasteiger partial charge in [-0.2, -0.15) is 0 Å². The number of carboxylic acid groups (broad SMARTS) is 3. The van der Waals surface area contributed by atoms with Crippen LogP contribution in [0.15, 0.2) is 90.7 Å². The molecular weight excluding hydrogens is 1870 g/mol. The van der Waals surface area contributed by atoms with Gasteiger partial charge in [-0.05, 0) is 242 Å². The number of halogens is 10. The SMILES string of the molecule is C.C.CC(=O)CC(=O)Nc1cc(Cl)c(Oc2cc(C)c(O)c(C(C)C)c2)c(Cl)c1Cl.Cc1cc(Oc2c(Br)cc(NC(=O)CC(=O)O)c(C)c2Br)cc(C(C)C)c1O.Cc1cc(Oc2c(Br)cc(NC(=O)CC(=O)O)c(Cl)c2Br)cc(C(C)C)c1O.Cc1cc(Oc2c(Cl)cc(NC(=O)CC(=O)O)c(C)c2Cl)cc(C(C)C)c1O. The number of aryl methyl sites for hydroxylation is 4. The van der Waals surface area contributed by atoms with E-state index >= 15 is 0 Å². The Bertz CT molecular complexity index is 4390. The number of carboxylic acids is 3. The molecule has 0 bridgehead atoms. The van der Waals surface area contributed by atoms with Gasteiger partial charge in [0, 0.05) is 33.6 Å². The van der Waals surface area contributed by atoms with Crippen LogP contribution in [0.4, 0.5) is 22.7 Å². The monoisotopic (exact) mass is 1950 g/mol. The van der Waals surface area contributed by atoms with E-state index < -0.39 is 60.8 Å². The first kappa shape index (κ1) is 100.0. The van der Waals surface area contributed by atoms with Gasteiger partial charge in [0.2, 0.25) is 23.6 Å². The first-order valence-electron chi connectivity index (χ1n) is 33.8. The van der Waals surface area contributed by atoms with Crippen LogP contribution < -0.4 is 40.2 Å². The standard InChI is InChI=1S/C20H21Br2NO5.C20H20Cl3NO4.C20H21Cl2NO5.C19H18Br2ClNO5.2CH4/c1-9(2)13-6-12(5-10(3)19(13)27)28-20-14(21)7-15(11(4)18(20)22)23-16(24)8-17(25)26;1-9(2)13-7-12(5-10(3)19(13)27)28-20-14(21)8-15(17(22)18(20)23)24-16(26)6-11(4)25;1-9(2)13-6-12(5-10(3)19(13)27)28-20-14(21)7-15(11(4)18(20)22)23-16(24)8-17(25)26;1-8(2)11-5-10(4-9(3)18(11)27)28-19-12(20)6-13(17(22)16(19)21)23-14(24)7-15(25)26;;/h5-7,9,27H,8H2,1-4H3,(H,23,24)(H,25,26);5,7-9,27H,6H2,1-4H3,(H,24,26);5-7,9,27H,8H2,1-4H3,(H,23,24)(H,25,26);4-6,8,27H,7H2,1-3H3,(H,23,24)(H,25,26);2*1H4. The lowest BCUT2D eigenvalue weighted by atomic mass is 9.99. The summed E-state index contributed by atoms with van der Waals surface area (Å²) >= 11 is 51.5. The summed E-state index contributed by atoms with van der Waals surface area (Å²) in [6.45, 7) is 27.6. The van der Waals surface area contributed by atoms with Crippen molar-refractivity contribution in [2.24, 2.45) is 0 Å². The summed E-state index contributed by atoms with van der Waals surface area (Å²) in [7, 11) is 0. The maximum Gasteiger partial charge on any atom is 0.312 e. The lowest BCUT2D eigenvalue weighted by molar-refractivity contribution is -0.141. The minimum Gasteiger partial charge on any atom is -0.507 e. The van der Waals surface area contributed by atoms with Crippen molar-refractivity contribution in [2.75, 3.05) is 21.3 Å². The second kappa shape index (κ2) is 44.2. The van der Waals surface area contributed by atoms with Crippen LogP contribution in [-0.2, 0) is 38.4 Å². The normalized spacial score (nSPS) is 10.6. The third-order valence-corrected chi connectivity index (χ3v) is 21.5. The quantitative estimate of drug-likeness (QED) is 0.0198. The maximum atomic E-state index is 11.8. The second-order valence-corrected chi connectivity index (χ2v) is 32.2. The fraction of sp³-hybridized carbons (Fsp3) is 0.309. The number of aromatic hydroxyl groups is 4. The van der Waals surface area contributed by atoms with E-state index in [-0.39, 0.29) is 127 Å². The van der Waals surface area contributed by atoms with Crippen LogP contribution >= 0.6 is 133 Å². The van der Waals surface area contributed by atoms with Crippen molar-refractivity contribution in [2.45, 2.75) is 168 Å². The number of anilines is 4. The third kappa shape index (κ3) is 27.5. The molecule has 0 atom stereocenters. The molecule has 0 heterocycles. The molecule has 0 radical (unpaired) electrons. The van der Waals surface area contributed by atoms with Crippen LogP contribution in [0.3, 0.4) is 0 Å². The molecule has 8 aromatic carbocycles. The number of phenolic OH excluding ortho intramolecular Hbond substituents is 4. The van der Waals surface area contributed by atoms with Crippen molar-refractivity contribution in [1.82, 2.24) is 0 Å². The number of ketones is 1.